The van der Waals surface area contributed by atoms with Gasteiger partial charge < -0.3 is 10.4 Å². The van der Waals surface area contributed by atoms with Crippen molar-refractivity contribution in [3.05, 3.63) is 0 Å². The minimum atomic E-state index is -0.113. The molecule has 0 aliphatic rings. The zero-order chi connectivity index (χ0) is 10.1. The summed E-state index contributed by atoms with van der Waals surface area (Å²) in [7, 11) is 0. The van der Waals surface area contributed by atoms with E-state index in [0.29, 0.717) is 0 Å². The molecule has 0 aromatic carbocycles. The van der Waals surface area contributed by atoms with E-state index in [1.807, 2.05) is 6.92 Å². The van der Waals surface area contributed by atoms with Gasteiger partial charge in [0.15, 0.2) is 0 Å². The number of aliphatic hydroxyl groups excluding tert-OH is 1. The Balaban J connectivity index is 2.99. The first kappa shape index (κ1) is 12.9. The molecule has 0 fully saturated rings. The van der Waals surface area contributed by atoms with Gasteiger partial charge in [-0.25, -0.2) is 0 Å². The van der Waals surface area contributed by atoms with Gasteiger partial charge in [-0.05, 0) is 44.7 Å². The van der Waals surface area contributed by atoms with Crippen LogP contribution in [-0.2, 0) is 0 Å². The van der Waals surface area contributed by atoms with E-state index in [9.17, 15) is 5.11 Å². The van der Waals surface area contributed by atoms with Crippen LogP contribution in [0.5, 0.6) is 0 Å². The van der Waals surface area contributed by atoms with Gasteiger partial charge in [-0.1, -0.05) is 20.8 Å². The minimum absolute atomic E-state index is 0.113. The quantitative estimate of drug-likeness (QED) is 0.571. The summed E-state index contributed by atoms with van der Waals surface area (Å²) in [6.07, 6.45) is 4.19. The van der Waals surface area contributed by atoms with Crippen molar-refractivity contribution >= 4 is 0 Å². The van der Waals surface area contributed by atoms with E-state index in [4.69, 9.17) is 0 Å². The van der Waals surface area contributed by atoms with Gasteiger partial charge >= 0.3 is 0 Å². The van der Waals surface area contributed by atoms with E-state index >= 15 is 0 Å². The average Bonchev–Trinajstić information content (AvgIpc) is 2.10. The number of aliphatic hydroxyl groups is 1. The molecule has 0 spiro atoms. The second-order valence-corrected chi connectivity index (χ2v) is 4.14. The van der Waals surface area contributed by atoms with E-state index in [-0.39, 0.29) is 6.10 Å². The third-order valence-electron chi connectivity index (χ3n) is 2.26. The number of rotatable bonds is 8. The van der Waals surface area contributed by atoms with Crippen LogP contribution in [0, 0.1) is 5.92 Å². The van der Waals surface area contributed by atoms with E-state index < -0.39 is 0 Å². The molecule has 0 amide bonds. The Labute approximate surface area is 82.7 Å². The van der Waals surface area contributed by atoms with Gasteiger partial charge in [-0.15, -0.1) is 0 Å². The van der Waals surface area contributed by atoms with E-state index in [1.165, 1.54) is 12.8 Å². The molecular weight excluding hydrogens is 162 g/mol. The molecule has 0 rings (SSSR count). The van der Waals surface area contributed by atoms with Gasteiger partial charge in [0.1, 0.15) is 0 Å². The van der Waals surface area contributed by atoms with E-state index in [2.05, 4.69) is 19.2 Å². The van der Waals surface area contributed by atoms with Crippen LogP contribution in [0.4, 0.5) is 0 Å². The highest BCUT2D eigenvalue weighted by atomic mass is 16.3. The van der Waals surface area contributed by atoms with Crippen molar-refractivity contribution in [3.8, 4) is 0 Å². The summed E-state index contributed by atoms with van der Waals surface area (Å²) in [6, 6.07) is 0. The lowest BCUT2D eigenvalue weighted by molar-refractivity contribution is 0.160. The summed E-state index contributed by atoms with van der Waals surface area (Å²) in [5.74, 6) is 0.808. The summed E-state index contributed by atoms with van der Waals surface area (Å²) in [5.41, 5.74) is 0. The summed E-state index contributed by atoms with van der Waals surface area (Å²) < 4.78 is 0. The standard InChI is InChI=1S/C11H25NO/c1-4-11(13)7-9-12-8-5-6-10(2)3/h10-13H,4-9H2,1-3H3. The fraction of sp³-hybridized carbons (Fsp3) is 1.00. The fourth-order valence-electron chi connectivity index (χ4n) is 1.23. The zero-order valence-electron chi connectivity index (χ0n) is 9.34. The van der Waals surface area contributed by atoms with Crippen molar-refractivity contribution in [1.82, 2.24) is 5.32 Å². The largest absolute Gasteiger partial charge is 0.393 e. The maximum absolute atomic E-state index is 9.26. The third kappa shape index (κ3) is 9.84. The highest BCUT2D eigenvalue weighted by Gasteiger charge is 1.99. The van der Waals surface area contributed by atoms with Crippen LogP contribution in [0.25, 0.3) is 0 Å². The molecule has 0 saturated carbocycles. The molecular formula is C11H25NO. The highest BCUT2D eigenvalue weighted by molar-refractivity contribution is 4.56. The predicted molar refractivity (Wildman–Crippen MR) is 57.9 cm³/mol. The summed E-state index contributed by atoms with van der Waals surface area (Å²) >= 11 is 0. The summed E-state index contributed by atoms with van der Waals surface area (Å²) in [6.45, 7) is 8.56. The molecule has 0 heterocycles. The molecule has 0 aromatic rings. The lowest BCUT2D eigenvalue weighted by atomic mass is 10.1. The van der Waals surface area contributed by atoms with Crippen molar-refractivity contribution in [2.75, 3.05) is 13.1 Å². The lowest BCUT2D eigenvalue weighted by Gasteiger charge is -2.09. The number of hydrogen-bond donors (Lipinski definition) is 2. The van der Waals surface area contributed by atoms with Gasteiger partial charge in [0.2, 0.25) is 0 Å². The van der Waals surface area contributed by atoms with Crippen molar-refractivity contribution < 1.29 is 5.11 Å². The first-order valence-electron chi connectivity index (χ1n) is 5.55. The predicted octanol–water partition coefficient (Wildman–Crippen LogP) is 2.17. The van der Waals surface area contributed by atoms with Crippen LogP contribution in [0.15, 0.2) is 0 Å². The van der Waals surface area contributed by atoms with Gasteiger partial charge in [0.25, 0.3) is 0 Å². The Bertz CT molecular complexity index is 104. The monoisotopic (exact) mass is 187 g/mol. The maximum atomic E-state index is 9.26. The first-order chi connectivity index (χ1) is 6.16. The van der Waals surface area contributed by atoms with Crippen LogP contribution in [0.1, 0.15) is 46.5 Å². The molecule has 1 unspecified atom stereocenters. The molecule has 0 bridgehead atoms. The third-order valence-corrected chi connectivity index (χ3v) is 2.26. The maximum Gasteiger partial charge on any atom is 0.0549 e. The Morgan fingerprint density at radius 1 is 1.15 bits per heavy atom. The van der Waals surface area contributed by atoms with E-state index in [1.54, 1.807) is 0 Å². The lowest BCUT2D eigenvalue weighted by Crippen LogP contribution is -2.21. The van der Waals surface area contributed by atoms with Gasteiger partial charge in [0.05, 0.1) is 6.10 Å². The van der Waals surface area contributed by atoms with Crippen LogP contribution in [-0.4, -0.2) is 24.3 Å². The molecule has 0 aliphatic heterocycles. The molecule has 0 aromatic heterocycles. The van der Waals surface area contributed by atoms with Crippen molar-refractivity contribution in [2.24, 2.45) is 5.92 Å². The number of nitrogens with one attached hydrogen (secondary N) is 1. The molecule has 0 radical (unpaired) electrons. The highest BCUT2D eigenvalue weighted by Crippen LogP contribution is 2.01. The summed E-state index contributed by atoms with van der Waals surface area (Å²) in [5, 5.41) is 12.6. The second kappa shape index (κ2) is 8.52. The van der Waals surface area contributed by atoms with Gasteiger partial charge in [0, 0.05) is 0 Å². The second-order valence-electron chi connectivity index (χ2n) is 4.14. The van der Waals surface area contributed by atoms with Crippen molar-refractivity contribution in [3.63, 3.8) is 0 Å². The molecule has 2 heteroatoms. The molecule has 2 N–H and O–H groups in total. The topological polar surface area (TPSA) is 32.3 Å². The molecule has 0 aliphatic carbocycles. The zero-order valence-corrected chi connectivity index (χ0v) is 9.34. The minimum Gasteiger partial charge on any atom is -0.393 e. The Hall–Kier alpha value is -0.0800. The first-order valence-corrected chi connectivity index (χ1v) is 5.55. The van der Waals surface area contributed by atoms with Crippen LogP contribution in [0.2, 0.25) is 0 Å². The molecule has 1 atom stereocenters. The smallest absolute Gasteiger partial charge is 0.0549 e. The van der Waals surface area contributed by atoms with Crippen molar-refractivity contribution in [1.29, 1.82) is 0 Å². The van der Waals surface area contributed by atoms with E-state index in [0.717, 1.165) is 31.8 Å². The van der Waals surface area contributed by atoms with Gasteiger partial charge in [-0.3, -0.25) is 0 Å². The number of hydrogen-bond acceptors (Lipinski definition) is 2. The van der Waals surface area contributed by atoms with Gasteiger partial charge in [-0.2, -0.15) is 0 Å². The molecule has 13 heavy (non-hydrogen) atoms. The Morgan fingerprint density at radius 3 is 2.38 bits per heavy atom. The fourth-order valence-corrected chi connectivity index (χ4v) is 1.23. The normalized spacial score (nSPS) is 13.6. The molecule has 2 nitrogen and oxygen atoms in total. The average molecular weight is 187 g/mol. The van der Waals surface area contributed by atoms with Crippen LogP contribution < -0.4 is 5.32 Å². The Kier molecular flexibility index (Phi) is 8.46. The van der Waals surface area contributed by atoms with Crippen LogP contribution >= 0.6 is 0 Å². The summed E-state index contributed by atoms with van der Waals surface area (Å²) in [4.78, 5) is 0. The Morgan fingerprint density at radius 2 is 1.85 bits per heavy atom. The van der Waals surface area contributed by atoms with Crippen LogP contribution in [0.3, 0.4) is 0 Å². The van der Waals surface area contributed by atoms with Crippen molar-refractivity contribution in [2.45, 2.75) is 52.6 Å². The molecule has 80 valence electrons. The molecule has 0 saturated heterocycles. The SMILES string of the molecule is CCC(O)CCNCCCC(C)C.